The lowest BCUT2D eigenvalue weighted by Gasteiger charge is -2.12. The van der Waals surface area contributed by atoms with Crippen LogP contribution >= 0.6 is 0 Å². The highest BCUT2D eigenvalue weighted by Gasteiger charge is 2.48. The van der Waals surface area contributed by atoms with Gasteiger partial charge in [0.2, 0.25) is 0 Å². The third-order valence-corrected chi connectivity index (χ3v) is 3.06. The van der Waals surface area contributed by atoms with E-state index in [1.54, 1.807) is 6.92 Å². The van der Waals surface area contributed by atoms with Gasteiger partial charge in [-0.25, -0.2) is 0 Å². The number of Topliss-reactive ketones (excluding diaryl/α,β-unsaturated/α-hetero) is 1. The fourth-order valence-corrected chi connectivity index (χ4v) is 1.86. The second-order valence-corrected chi connectivity index (χ2v) is 4.29. The van der Waals surface area contributed by atoms with Crippen LogP contribution in [0, 0.1) is 5.41 Å². The molecule has 0 aromatic rings. The van der Waals surface area contributed by atoms with Crippen molar-refractivity contribution in [3.05, 3.63) is 0 Å². The zero-order chi connectivity index (χ0) is 11.3. The molecule has 1 aliphatic rings. The van der Waals surface area contributed by atoms with Crippen molar-refractivity contribution in [2.45, 2.75) is 52.4 Å². The summed E-state index contributed by atoms with van der Waals surface area (Å²) < 4.78 is 4.78. The van der Waals surface area contributed by atoms with E-state index in [0.717, 1.165) is 32.1 Å². The maximum Gasteiger partial charge on any atom is 0.313 e. The summed E-state index contributed by atoms with van der Waals surface area (Å²) >= 11 is 0. The predicted octanol–water partition coefficient (Wildman–Crippen LogP) is 2.48. The van der Waals surface area contributed by atoms with Crippen LogP contribution in [0.5, 0.6) is 0 Å². The van der Waals surface area contributed by atoms with Crippen LogP contribution in [0.2, 0.25) is 0 Å². The van der Waals surface area contributed by atoms with Crippen LogP contribution in [0.25, 0.3) is 0 Å². The minimum atomic E-state index is -0.370. The van der Waals surface area contributed by atoms with E-state index in [1.165, 1.54) is 0 Å². The first-order chi connectivity index (χ1) is 7.14. The Hall–Kier alpha value is -0.860. The molecule has 0 heterocycles. The highest BCUT2D eigenvalue weighted by Crippen LogP contribution is 2.51. The monoisotopic (exact) mass is 212 g/mol. The molecular weight excluding hydrogens is 192 g/mol. The Morgan fingerprint density at radius 2 is 1.93 bits per heavy atom. The molecule has 1 fully saturated rings. The normalized spacial score (nSPS) is 17.2. The second-order valence-electron chi connectivity index (χ2n) is 4.29. The van der Waals surface area contributed by atoms with Gasteiger partial charge < -0.3 is 4.74 Å². The topological polar surface area (TPSA) is 43.4 Å². The number of ketones is 1. The lowest BCUT2D eigenvalue weighted by Crippen LogP contribution is -2.20. The van der Waals surface area contributed by atoms with Gasteiger partial charge in [0.05, 0.1) is 6.61 Å². The summed E-state index contributed by atoms with van der Waals surface area (Å²) in [7, 11) is 0. The van der Waals surface area contributed by atoms with Crippen LogP contribution in [-0.2, 0) is 14.3 Å². The van der Waals surface area contributed by atoms with E-state index in [1.807, 2.05) is 0 Å². The molecule has 86 valence electrons. The Morgan fingerprint density at radius 3 is 2.40 bits per heavy atom. The number of rotatable bonds is 7. The molecule has 0 spiro atoms. The van der Waals surface area contributed by atoms with E-state index in [0.29, 0.717) is 6.61 Å². The maximum absolute atomic E-state index is 11.8. The lowest BCUT2D eigenvalue weighted by molar-refractivity contribution is -0.146. The summed E-state index contributed by atoms with van der Waals surface area (Å²) in [5.41, 5.74) is -0.150. The van der Waals surface area contributed by atoms with Gasteiger partial charge in [0.25, 0.3) is 0 Å². The average molecular weight is 212 g/mol. The van der Waals surface area contributed by atoms with Crippen molar-refractivity contribution < 1.29 is 14.3 Å². The fraction of sp³-hybridized carbons (Fsp3) is 0.833. The molecule has 1 saturated carbocycles. The Kier molecular flexibility index (Phi) is 4.30. The van der Waals surface area contributed by atoms with Gasteiger partial charge in [-0.05, 0) is 26.2 Å². The number of carbonyl (C=O) groups is 2. The summed E-state index contributed by atoms with van der Waals surface area (Å²) in [6.45, 7) is 4.23. The van der Waals surface area contributed by atoms with Crippen LogP contribution in [0.4, 0.5) is 0 Å². The van der Waals surface area contributed by atoms with Gasteiger partial charge in [0, 0.05) is 5.41 Å². The van der Waals surface area contributed by atoms with Crippen LogP contribution in [0.15, 0.2) is 0 Å². The van der Waals surface area contributed by atoms with Gasteiger partial charge in [-0.15, -0.1) is 0 Å². The molecule has 0 amide bonds. The fourth-order valence-electron chi connectivity index (χ4n) is 1.86. The number of unbranched alkanes of at least 4 members (excludes halogenated alkanes) is 1. The zero-order valence-electron chi connectivity index (χ0n) is 9.67. The average Bonchev–Trinajstić information content (AvgIpc) is 2.96. The van der Waals surface area contributed by atoms with Crippen LogP contribution in [0.1, 0.15) is 52.4 Å². The molecule has 0 N–H and O–H groups in total. The van der Waals surface area contributed by atoms with Gasteiger partial charge in [-0.1, -0.05) is 19.8 Å². The van der Waals surface area contributed by atoms with E-state index in [2.05, 4.69) is 6.92 Å². The Morgan fingerprint density at radius 1 is 1.27 bits per heavy atom. The number of hydrogen-bond acceptors (Lipinski definition) is 3. The highest BCUT2D eigenvalue weighted by molar-refractivity contribution is 6.00. The van der Waals surface area contributed by atoms with Crippen molar-refractivity contribution in [3.63, 3.8) is 0 Å². The van der Waals surface area contributed by atoms with Crippen LogP contribution in [-0.4, -0.2) is 18.4 Å². The Labute approximate surface area is 91.2 Å². The molecule has 0 aromatic heterocycles. The second kappa shape index (κ2) is 5.29. The molecule has 15 heavy (non-hydrogen) atoms. The summed E-state index contributed by atoms with van der Waals surface area (Å²) in [5, 5.41) is 0. The summed E-state index contributed by atoms with van der Waals surface area (Å²) in [6, 6.07) is 0. The van der Waals surface area contributed by atoms with Gasteiger partial charge in [0.1, 0.15) is 12.2 Å². The van der Waals surface area contributed by atoms with Gasteiger partial charge in [0.15, 0.2) is 0 Å². The smallest absolute Gasteiger partial charge is 0.313 e. The summed E-state index contributed by atoms with van der Waals surface area (Å²) in [6.07, 6.45) is 5.03. The van der Waals surface area contributed by atoms with Crippen molar-refractivity contribution in [1.29, 1.82) is 0 Å². The van der Waals surface area contributed by atoms with Crippen molar-refractivity contribution in [2.24, 2.45) is 5.41 Å². The highest BCUT2D eigenvalue weighted by atomic mass is 16.5. The molecule has 0 radical (unpaired) electrons. The predicted molar refractivity (Wildman–Crippen MR) is 57.4 cm³/mol. The van der Waals surface area contributed by atoms with Crippen molar-refractivity contribution in [2.75, 3.05) is 6.61 Å². The molecule has 0 aromatic carbocycles. The van der Waals surface area contributed by atoms with Crippen molar-refractivity contribution in [1.82, 2.24) is 0 Å². The number of esters is 1. The lowest BCUT2D eigenvalue weighted by atomic mass is 9.92. The van der Waals surface area contributed by atoms with Gasteiger partial charge >= 0.3 is 5.97 Å². The van der Waals surface area contributed by atoms with E-state index >= 15 is 0 Å². The quantitative estimate of drug-likeness (QED) is 0.481. The minimum Gasteiger partial charge on any atom is -0.466 e. The SMILES string of the molecule is CCCCC1(C(=O)CC(=O)OCC)CC1. The summed E-state index contributed by atoms with van der Waals surface area (Å²) in [4.78, 5) is 23.0. The molecule has 1 aliphatic carbocycles. The molecule has 0 aliphatic heterocycles. The van der Waals surface area contributed by atoms with Crippen molar-refractivity contribution >= 4 is 11.8 Å². The van der Waals surface area contributed by atoms with Gasteiger partial charge in [-0.3, -0.25) is 9.59 Å². The molecule has 0 bridgehead atoms. The van der Waals surface area contributed by atoms with E-state index < -0.39 is 0 Å². The third kappa shape index (κ3) is 3.33. The minimum absolute atomic E-state index is 0.0302. The standard InChI is InChI=1S/C12H20O3/c1-3-5-6-12(7-8-12)10(13)9-11(14)15-4-2/h3-9H2,1-2H3. The Bertz CT molecular complexity index is 241. The van der Waals surface area contributed by atoms with Gasteiger partial charge in [-0.2, -0.15) is 0 Å². The number of hydrogen-bond donors (Lipinski definition) is 0. The van der Waals surface area contributed by atoms with Crippen molar-refractivity contribution in [3.8, 4) is 0 Å². The molecule has 0 atom stereocenters. The first-order valence-electron chi connectivity index (χ1n) is 5.83. The summed E-state index contributed by atoms with van der Waals surface area (Å²) in [5.74, 6) is -0.278. The first kappa shape index (κ1) is 12.2. The molecule has 3 heteroatoms. The molecule has 3 nitrogen and oxygen atoms in total. The Balaban J connectivity index is 2.36. The van der Waals surface area contributed by atoms with E-state index in [4.69, 9.17) is 4.74 Å². The maximum atomic E-state index is 11.8. The molecule has 0 saturated heterocycles. The molecular formula is C12H20O3. The third-order valence-electron chi connectivity index (χ3n) is 3.06. The van der Waals surface area contributed by atoms with E-state index in [9.17, 15) is 9.59 Å². The molecule has 1 rings (SSSR count). The number of carbonyl (C=O) groups excluding carboxylic acids is 2. The van der Waals surface area contributed by atoms with E-state index in [-0.39, 0.29) is 23.6 Å². The first-order valence-corrected chi connectivity index (χ1v) is 5.83. The molecule has 0 unspecified atom stereocenters. The zero-order valence-corrected chi connectivity index (χ0v) is 9.67. The largest absolute Gasteiger partial charge is 0.466 e. The van der Waals surface area contributed by atoms with Crippen LogP contribution < -0.4 is 0 Å². The number of ether oxygens (including phenoxy) is 1. The van der Waals surface area contributed by atoms with Crippen LogP contribution in [0.3, 0.4) is 0 Å².